The summed E-state index contributed by atoms with van der Waals surface area (Å²) in [5.74, 6) is 0.00675. The van der Waals surface area contributed by atoms with Crippen LogP contribution in [0, 0.1) is 0 Å². The van der Waals surface area contributed by atoms with E-state index in [-0.39, 0.29) is 17.1 Å². The van der Waals surface area contributed by atoms with Crippen molar-refractivity contribution in [2.75, 3.05) is 37.6 Å². The van der Waals surface area contributed by atoms with E-state index in [1.165, 1.54) is 18.2 Å². The SMILES string of the molecule is NC(=O)c1cc(C(=O)CCCN2CCN(c3ccccn3)CC2)ccc1O. The van der Waals surface area contributed by atoms with Crippen LogP contribution in [0.1, 0.15) is 33.6 Å². The summed E-state index contributed by atoms with van der Waals surface area (Å²) in [6.45, 7) is 4.57. The molecule has 0 atom stereocenters. The Morgan fingerprint density at radius 2 is 1.89 bits per heavy atom. The van der Waals surface area contributed by atoms with E-state index in [4.69, 9.17) is 5.73 Å². The van der Waals surface area contributed by atoms with E-state index >= 15 is 0 Å². The molecule has 7 nitrogen and oxygen atoms in total. The Bertz CT molecular complexity index is 802. The summed E-state index contributed by atoms with van der Waals surface area (Å²) in [5, 5.41) is 9.61. The maximum absolute atomic E-state index is 12.3. The molecule has 7 heteroatoms. The Morgan fingerprint density at radius 3 is 2.56 bits per heavy atom. The summed E-state index contributed by atoms with van der Waals surface area (Å²) in [7, 11) is 0. The average Bonchev–Trinajstić information content (AvgIpc) is 2.69. The number of benzene rings is 1. The number of nitrogens with two attached hydrogens (primary N) is 1. The number of aromatic nitrogens is 1. The summed E-state index contributed by atoms with van der Waals surface area (Å²) >= 11 is 0. The van der Waals surface area contributed by atoms with Gasteiger partial charge in [-0.15, -0.1) is 0 Å². The fraction of sp³-hybridized carbons (Fsp3) is 0.350. The highest BCUT2D eigenvalue weighted by atomic mass is 16.3. The van der Waals surface area contributed by atoms with Gasteiger partial charge in [-0.2, -0.15) is 0 Å². The zero-order valence-electron chi connectivity index (χ0n) is 15.2. The molecule has 1 saturated heterocycles. The van der Waals surface area contributed by atoms with Crippen molar-refractivity contribution >= 4 is 17.5 Å². The van der Waals surface area contributed by atoms with Crippen molar-refractivity contribution in [1.29, 1.82) is 0 Å². The smallest absolute Gasteiger partial charge is 0.252 e. The molecule has 0 spiro atoms. The fourth-order valence-electron chi connectivity index (χ4n) is 3.26. The molecule has 0 saturated carbocycles. The Kier molecular flexibility index (Phi) is 6.03. The van der Waals surface area contributed by atoms with Gasteiger partial charge in [0.15, 0.2) is 5.78 Å². The van der Waals surface area contributed by atoms with Gasteiger partial charge < -0.3 is 15.7 Å². The van der Waals surface area contributed by atoms with Gasteiger partial charge in [0.2, 0.25) is 0 Å². The Morgan fingerprint density at radius 1 is 1.11 bits per heavy atom. The zero-order valence-corrected chi connectivity index (χ0v) is 15.2. The third-order valence-electron chi connectivity index (χ3n) is 4.81. The van der Waals surface area contributed by atoms with Gasteiger partial charge in [-0.3, -0.25) is 14.5 Å². The fourth-order valence-corrected chi connectivity index (χ4v) is 3.26. The molecule has 2 aromatic rings. The first-order valence-corrected chi connectivity index (χ1v) is 9.09. The molecular formula is C20H24N4O3. The van der Waals surface area contributed by atoms with Crippen LogP contribution >= 0.6 is 0 Å². The second-order valence-corrected chi connectivity index (χ2v) is 6.64. The number of amides is 1. The summed E-state index contributed by atoms with van der Waals surface area (Å²) in [5.41, 5.74) is 5.59. The van der Waals surface area contributed by atoms with Crippen molar-refractivity contribution in [2.24, 2.45) is 5.73 Å². The number of Topliss-reactive ketones (excluding diaryl/α,β-unsaturated/α-hetero) is 1. The first kappa shape index (κ1) is 18.8. The highest BCUT2D eigenvalue weighted by Crippen LogP contribution is 2.19. The number of phenols is 1. The third kappa shape index (κ3) is 4.83. The van der Waals surface area contributed by atoms with Crippen LogP contribution in [0.3, 0.4) is 0 Å². The lowest BCUT2D eigenvalue weighted by Gasteiger charge is -2.35. The number of carbonyl (C=O) groups is 2. The molecular weight excluding hydrogens is 344 g/mol. The molecule has 1 aliphatic rings. The number of anilines is 1. The number of carbonyl (C=O) groups excluding carboxylic acids is 2. The van der Waals surface area contributed by atoms with Crippen LogP contribution in [0.15, 0.2) is 42.6 Å². The number of ketones is 1. The molecule has 3 N–H and O–H groups in total. The van der Waals surface area contributed by atoms with Crippen molar-refractivity contribution in [2.45, 2.75) is 12.8 Å². The Balaban J connectivity index is 1.45. The van der Waals surface area contributed by atoms with Crippen LogP contribution in [-0.2, 0) is 0 Å². The van der Waals surface area contributed by atoms with Gasteiger partial charge in [0.25, 0.3) is 5.91 Å². The maximum Gasteiger partial charge on any atom is 0.252 e. The number of aromatic hydroxyl groups is 1. The van der Waals surface area contributed by atoms with E-state index in [0.29, 0.717) is 12.0 Å². The number of rotatable bonds is 7. The van der Waals surface area contributed by atoms with Crippen molar-refractivity contribution in [3.63, 3.8) is 0 Å². The lowest BCUT2D eigenvalue weighted by Crippen LogP contribution is -2.46. The Hall–Kier alpha value is -2.93. The average molecular weight is 368 g/mol. The van der Waals surface area contributed by atoms with E-state index in [2.05, 4.69) is 14.8 Å². The van der Waals surface area contributed by atoms with Gasteiger partial charge in [0.05, 0.1) is 5.56 Å². The first-order chi connectivity index (χ1) is 13.0. The normalized spacial score (nSPS) is 14.9. The zero-order chi connectivity index (χ0) is 19.2. The molecule has 0 bridgehead atoms. The monoisotopic (exact) mass is 368 g/mol. The molecule has 0 unspecified atom stereocenters. The van der Waals surface area contributed by atoms with Crippen molar-refractivity contribution in [3.05, 3.63) is 53.7 Å². The second kappa shape index (κ2) is 8.64. The lowest BCUT2D eigenvalue weighted by atomic mass is 10.0. The summed E-state index contributed by atoms with van der Waals surface area (Å²) < 4.78 is 0. The molecule has 0 radical (unpaired) electrons. The second-order valence-electron chi connectivity index (χ2n) is 6.64. The molecule has 1 fully saturated rings. The number of primary amides is 1. The largest absolute Gasteiger partial charge is 0.507 e. The van der Waals surface area contributed by atoms with Gasteiger partial charge in [0.1, 0.15) is 11.6 Å². The molecule has 27 heavy (non-hydrogen) atoms. The molecule has 3 rings (SSSR count). The van der Waals surface area contributed by atoms with Gasteiger partial charge in [-0.05, 0) is 43.3 Å². The first-order valence-electron chi connectivity index (χ1n) is 9.09. The minimum Gasteiger partial charge on any atom is -0.507 e. The van der Waals surface area contributed by atoms with Gasteiger partial charge >= 0.3 is 0 Å². The highest BCUT2D eigenvalue weighted by molar-refractivity contribution is 6.01. The number of hydrogen-bond acceptors (Lipinski definition) is 6. The van der Waals surface area contributed by atoms with Gasteiger partial charge in [0, 0.05) is 44.4 Å². The molecule has 1 amide bonds. The standard InChI is InChI=1S/C20H24N4O3/c21-20(27)16-14-15(6-7-18(16)26)17(25)4-3-9-23-10-12-24(13-11-23)19-5-1-2-8-22-19/h1-2,5-8,14,26H,3-4,9-13H2,(H2,21,27). The summed E-state index contributed by atoms with van der Waals surface area (Å²) in [6, 6.07) is 10.2. The number of hydrogen-bond donors (Lipinski definition) is 2. The summed E-state index contributed by atoms with van der Waals surface area (Å²) in [4.78, 5) is 32.6. The topological polar surface area (TPSA) is 99.8 Å². The predicted molar refractivity (Wildman–Crippen MR) is 103 cm³/mol. The van der Waals surface area contributed by atoms with E-state index in [1.54, 1.807) is 6.20 Å². The van der Waals surface area contributed by atoms with Gasteiger partial charge in [-0.1, -0.05) is 6.07 Å². The molecule has 1 aromatic heterocycles. The molecule has 1 aromatic carbocycles. The number of pyridine rings is 1. The minimum atomic E-state index is -0.743. The van der Waals surface area contributed by atoms with Crippen LogP contribution in [0.2, 0.25) is 0 Å². The van der Waals surface area contributed by atoms with Gasteiger partial charge in [-0.25, -0.2) is 4.98 Å². The number of piperazine rings is 1. The molecule has 0 aliphatic carbocycles. The highest BCUT2D eigenvalue weighted by Gasteiger charge is 2.18. The molecule has 1 aliphatic heterocycles. The lowest BCUT2D eigenvalue weighted by molar-refractivity contribution is 0.0974. The maximum atomic E-state index is 12.3. The van der Waals surface area contributed by atoms with Crippen LogP contribution in [0.5, 0.6) is 5.75 Å². The molecule has 142 valence electrons. The molecule has 2 heterocycles. The van der Waals surface area contributed by atoms with Crippen LogP contribution in [0.25, 0.3) is 0 Å². The summed E-state index contributed by atoms with van der Waals surface area (Å²) in [6.07, 6.45) is 2.94. The van der Waals surface area contributed by atoms with Crippen molar-refractivity contribution in [1.82, 2.24) is 9.88 Å². The van der Waals surface area contributed by atoms with E-state index in [1.807, 2.05) is 18.2 Å². The van der Waals surface area contributed by atoms with Crippen LogP contribution in [0.4, 0.5) is 5.82 Å². The van der Waals surface area contributed by atoms with Crippen molar-refractivity contribution in [3.8, 4) is 5.75 Å². The third-order valence-corrected chi connectivity index (χ3v) is 4.81. The van der Waals surface area contributed by atoms with Crippen molar-refractivity contribution < 1.29 is 14.7 Å². The van der Waals surface area contributed by atoms with Crippen LogP contribution < -0.4 is 10.6 Å². The predicted octanol–water partition coefficient (Wildman–Crippen LogP) is 1.67. The number of nitrogens with zero attached hydrogens (tertiary/aromatic N) is 3. The quantitative estimate of drug-likeness (QED) is 0.721. The van der Waals surface area contributed by atoms with E-state index < -0.39 is 5.91 Å². The minimum absolute atomic E-state index is 0.0218. The van der Waals surface area contributed by atoms with E-state index in [0.717, 1.165) is 45.0 Å². The Labute approximate surface area is 158 Å². The van der Waals surface area contributed by atoms with Crippen LogP contribution in [-0.4, -0.2) is 59.4 Å². The van der Waals surface area contributed by atoms with E-state index in [9.17, 15) is 14.7 Å².